The molecule has 3 aromatic rings. The Morgan fingerprint density at radius 3 is 2.50 bits per heavy atom. The first-order chi connectivity index (χ1) is 15.5. The summed E-state index contributed by atoms with van der Waals surface area (Å²) in [5.74, 6) is -1.73. The standard InChI is InChI=1S/C26H23ClN2O3/c1-2-3-7-17-11-13-20(14-12-17)29-23(21-10-4-5-15-28-21)22(25(31)26(29)32)24(30)18-8-6-9-19(27)16-18/h4-6,8-16,23,30H,2-3,7H2,1H3/b24-22-. The lowest BCUT2D eigenvalue weighted by Crippen LogP contribution is -2.29. The Kier molecular flexibility index (Phi) is 6.37. The van der Waals surface area contributed by atoms with Crippen LogP contribution in [-0.2, 0) is 16.0 Å². The number of benzene rings is 2. The number of aryl methyl sites for hydroxylation is 1. The van der Waals surface area contributed by atoms with Crippen molar-refractivity contribution in [2.75, 3.05) is 4.90 Å². The highest BCUT2D eigenvalue weighted by molar-refractivity contribution is 6.51. The van der Waals surface area contributed by atoms with Gasteiger partial charge in [-0.2, -0.15) is 0 Å². The topological polar surface area (TPSA) is 70.5 Å². The highest BCUT2D eigenvalue weighted by Gasteiger charge is 2.47. The Bertz CT molecular complexity index is 1170. The molecule has 2 heterocycles. The van der Waals surface area contributed by atoms with Gasteiger partial charge in [0, 0.05) is 22.5 Å². The molecule has 5 nitrogen and oxygen atoms in total. The quantitative estimate of drug-likeness (QED) is 0.299. The van der Waals surface area contributed by atoms with Gasteiger partial charge >= 0.3 is 0 Å². The number of unbranched alkanes of at least 4 members (excludes halogenated alkanes) is 1. The third-order valence-electron chi connectivity index (χ3n) is 5.54. The molecule has 1 aromatic heterocycles. The van der Waals surface area contributed by atoms with Crippen LogP contribution in [0.25, 0.3) is 5.76 Å². The molecule has 1 unspecified atom stereocenters. The minimum atomic E-state index is -0.850. The number of hydrogen-bond acceptors (Lipinski definition) is 4. The Labute approximate surface area is 192 Å². The maximum absolute atomic E-state index is 13.1. The van der Waals surface area contributed by atoms with Gasteiger partial charge in [-0.3, -0.25) is 19.5 Å². The number of nitrogens with zero attached hydrogens (tertiary/aromatic N) is 2. The van der Waals surface area contributed by atoms with Gasteiger partial charge in [0.05, 0.1) is 11.3 Å². The molecule has 1 N–H and O–H groups in total. The van der Waals surface area contributed by atoms with Gasteiger partial charge in [0.2, 0.25) is 0 Å². The van der Waals surface area contributed by atoms with Crippen LogP contribution in [0.1, 0.15) is 42.6 Å². The molecule has 0 aliphatic carbocycles. The van der Waals surface area contributed by atoms with Crippen molar-refractivity contribution in [2.24, 2.45) is 0 Å². The fourth-order valence-electron chi connectivity index (χ4n) is 3.91. The number of rotatable bonds is 6. The average Bonchev–Trinajstić information content (AvgIpc) is 3.08. The molecule has 1 saturated heterocycles. The van der Waals surface area contributed by atoms with E-state index >= 15 is 0 Å². The Hall–Kier alpha value is -3.44. The minimum Gasteiger partial charge on any atom is -0.507 e. The van der Waals surface area contributed by atoms with Crippen LogP contribution in [0.15, 0.2) is 78.5 Å². The van der Waals surface area contributed by atoms with E-state index < -0.39 is 17.7 Å². The second kappa shape index (κ2) is 9.37. The Morgan fingerprint density at radius 1 is 1.06 bits per heavy atom. The number of anilines is 1. The first-order valence-electron chi connectivity index (χ1n) is 10.6. The molecule has 32 heavy (non-hydrogen) atoms. The molecule has 1 amide bonds. The maximum atomic E-state index is 13.1. The highest BCUT2D eigenvalue weighted by atomic mass is 35.5. The maximum Gasteiger partial charge on any atom is 0.300 e. The predicted octanol–water partition coefficient (Wildman–Crippen LogP) is 5.70. The largest absolute Gasteiger partial charge is 0.507 e. The third kappa shape index (κ3) is 4.16. The van der Waals surface area contributed by atoms with Crippen molar-refractivity contribution in [1.29, 1.82) is 0 Å². The molecular weight excluding hydrogens is 424 g/mol. The van der Waals surface area contributed by atoms with Gasteiger partial charge in [-0.05, 0) is 54.8 Å². The van der Waals surface area contributed by atoms with Gasteiger partial charge in [-0.1, -0.05) is 55.3 Å². The van der Waals surface area contributed by atoms with Crippen molar-refractivity contribution < 1.29 is 14.7 Å². The summed E-state index contributed by atoms with van der Waals surface area (Å²) in [7, 11) is 0. The summed E-state index contributed by atoms with van der Waals surface area (Å²) in [6.07, 6.45) is 4.73. The predicted molar refractivity (Wildman–Crippen MR) is 126 cm³/mol. The number of aromatic nitrogens is 1. The summed E-state index contributed by atoms with van der Waals surface area (Å²) in [5.41, 5.74) is 2.59. The fraction of sp³-hybridized carbons (Fsp3) is 0.192. The van der Waals surface area contributed by atoms with Gasteiger partial charge in [-0.15, -0.1) is 0 Å². The highest BCUT2D eigenvalue weighted by Crippen LogP contribution is 2.41. The molecule has 4 rings (SSSR count). The van der Waals surface area contributed by atoms with Crippen molar-refractivity contribution >= 4 is 34.7 Å². The van der Waals surface area contributed by atoms with Gasteiger partial charge in [-0.25, -0.2) is 0 Å². The summed E-state index contributed by atoms with van der Waals surface area (Å²) in [6.45, 7) is 2.14. The molecular formula is C26H23ClN2O3. The molecule has 2 aromatic carbocycles. The van der Waals surface area contributed by atoms with Crippen LogP contribution in [0.3, 0.4) is 0 Å². The van der Waals surface area contributed by atoms with E-state index in [1.54, 1.807) is 48.7 Å². The van der Waals surface area contributed by atoms with E-state index in [2.05, 4.69) is 11.9 Å². The van der Waals surface area contributed by atoms with Crippen molar-refractivity contribution in [3.8, 4) is 0 Å². The lowest BCUT2D eigenvalue weighted by atomic mass is 9.98. The molecule has 1 fully saturated rings. The van der Waals surface area contributed by atoms with Crippen molar-refractivity contribution in [1.82, 2.24) is 4.98 Å². The number of Topliss-reactive ketones (excluding diaryl/α,β-unsaturated/α-hetero) is 1. The van der Waals surface area contributed by atoms with Crippen LogP contribution in [0, 0.1) is 0 Å². The lowest BCUT2D eigenvalue weighted by Gasteiger charge is -2.24. The molecule has 0 radical (unpaired) electrons. The zero-order valence-corrected chi connectivity index (χ0v) is 18.4. The van der Waals surface area contributed by atoms with Crippen LogP contribution in [0.5, 0.6) is 0 Å². The fourth-order valence-corrected chi connectivity index (χ4v) is 4.10. The molecule has 0 spiro atoms. The summed E-state index contributed by atoms with van der Waals surface area (Å²) in [6, 6.07) is 18.6. The van der Waals surface area contributed by atoms with Crippen LogP contribution in [0.2, 0.25) is 5.02 Å². The van der Waals surface area contributed by atoms with Crippen molar-refractivity contribution in [3.63, 3.8) is 0 Å². The van der Waals surface area contributed by atoms with Gasteiger partial charge in [0.1, 0.15) is 11.8 Å². The first-order valence-corrected chi connectivity index (χ1v) is 11.0. The van der Waals surface area contributed by atoms with E-state index in [1.807, 2.05) is 24.3 Å². The zero-order chi connectivity index (χ0) is 22.7. The molecule has 1 aliphatic heterocycles. The van der Waals surface area contributed by atoms with Crippen molar-refractivity contribution in [2.45, 2.75) is 32.2 Å². The number of hydrogen-bond donors (Lipinski definition) is 1. The summed E-state index contributed by atoms with van der Waals surface area (Å²) >= 11 is 6.08. The van der Waals surface area contributed by atoms with Crippen molar-refractivity contribution in [3.05, 3.63) is 100 Å². The second-order valence-electron chi connectivity index (χ2n) is 7.70. The van der Waals surface area contributed by atoms with E-state index in [1.165, 1.54) is 10.5 Å². The molecule has 162 valence electrons. The van der Waals surface area contributed by atoms with E-state index in [4.69, 9.17) is 11.6 Å². The number of carbonyl (C=O) groups is 2. The van der Waals surface area contributed by atoms with Crippen LogP contribution >= 0.6 is 11.6 Å². The molecule has 0 saturated carbocycles. The monoisotopic (exact) mass is 446 g/mol. The summed E-state index contributed by atoms with van der Waals surface area (Å²) in [5, 5.41) is 11.5. The number of halogens is 1. The molecule has 6 heteroatoms. The SMILES string of the molecule is CCCCc1ccc(N2C(=O)C(=O)/C(=C(\O)c3cccc(Cl)c3)C2c2ccccn2)cc1. The number of amides is 1. The average molecular weight is 447 g/mol. The second-order valence-corrected chi connectivity index (χ2v) is 8.14. The lowest BCUT2D eigenvalue weighted by molar-refractivity contribution is -0.132. The first kappa shape index (κ1) is 21.8. The normalized spacial score (nSPS) is 17.7. The molecule has 0 bridgehead atoms. The summed E-state index contributed by atoms with van der Waals surface area (Å²) in [4.78, 5) is 32.0. The van der Waals surface area contributed by atoms with E-state index in [-0.39, 0.29) is 11.3 Å². The van der Waals surface area contributed by atoms with Crippen LogP contribution in [0.4, 0.5) is 5.69 Å². The van der Waals surface area contributed by atoms with Gasteiger partial charge in [0.15, 0.2) is 0 Å². The summed E-state index contributed by atoms with van der Waals surface area (Å²) < 4.78 is 0. The van der Waals surface area contributed by atoms with E-state index in [0.29, 0.717) is 22.0 Å². The minimum absolute atomic E-state index is 0.00831. The van der Waals surface area contributed by atoms with E-state index in [9.17, 15) is 14.7 Å². The molecule has 1 aliphatic rings. The number of aliphatic hydroxyl groups is 1. The Balaban J connectivity index is 1.84. The number of aliphatic hydroxyl groups excluding tert-OH is 1. The number of carbonyl (C=O) groups excluding carboxylic acids is 2. The smallest absolute Gasteiger partial charge is 0.300 e. The number of pyridine rings is 1. The van der Waals surface area contributed by atoms with E-state index in [0.717, 1.165) is 19.3 Å². The van der Waals surface area contributed by atoms with Crippen LogP contribution in [-0.4, -0.2) is 21.8 Å². The number of ketones is 1. The third-order valence-corrected chi connectivity index (χ3v) is 5.78. The van der Waals surface area contributed by atoms with Gasteiger partial charge < -0.3 is 5.11 Å². The van der Waals surface area contributed by atoms with Crippen LogP contribution < -0.4 is 4.90 Å². The Morgan fingerprint density at radius 2 is 1.84 bits per heavy atom. The zero-order valence-electron chi connectivity index (χ0n) is 17.7. The molecule has 1 atom stereocenters. The van der Waals surface area contributed by atoms with Gasteiger partial charge in [0.25, 0.3) is 11.7 Å².